The van der Waals surface area contributed by atoms with Gasteiger partial charge in [0.05, 0.1) is 6.10 Å². The summed E-state index contributed by atoms with van der Waals surface area (Å²) in [5.41, 5.74) is 0. The third-order valence-electron chi connectivity index (χ3n) is 3.45. The van der Waals surface area contributed by atoms with E-state index in [0.29, 0.717) is 6.42 Å². The molecule has 2 N–H and O–H groups in total. The predicted octanol–water partition coefficient (Wildman–Crippen LogP) is 4.86. The minimum absolute atomic E-state index is 0.297. The van der Waals surface area contributed by atoms with E-state index in [2.05, 4.69) is 13.0 Å². The van der Waals surface area contributed by atoms with Crippen molar-refractivity contribution in [1.82, 2.24) is 0 Å². The molecular formula is C18H32O3. The molecule has 0 aliphatic heterocycles. The molecule has 122 valence electrons. The first-order chi connectivity index (χ1) is 10.2. The van der Waals surface area contributed by atoms with Crippen LogP contribution in [0.5, 0.6) is 0 Å². The van der Waals surface area contributed by atoms with Gasteiger partial charge >= 0.3 is 5.97 Å². The molecule has 3 heteroatoms. The number of hydrogen-bond donors (Lipinski definition) is 2. The molecule has 0 spiro atoms. The number of carbonyl (C=O) groups is 1. The van der Waals surface area contributed by atoms with Gasteiger partial charge in [0.1, 0.15) is 0 Å². The molecule has 1 atom stereocenters. The molecule has 3 nitrogen and oxygen atoms in total. The molecule has 0 amide bonds. The summed E-state index contributed by atoms with van der Waals surface area (Å²) in [6.07, 6.45) is 18.5. The lowest BCUT2D eigenvalue weighted by atomic mass is 10.1. The molecule has 0 rings (SSSR count). The van der Waals surface area contributed by atoms with Gasteiger partial charge in [-0.2, -0.15) is 0 Å². The summed E-state index contributed by atoms with van der Waals surface area (Å²) in [6.45, 7) is 2.16. The highest BCUT2D eigenvalue weighted by atomic mass is 16.4. The molecule has 21 heavy (non-hydrogen) atoms. The quantitative estimate of drug-likeness (QED) is 0.355. The number of rotatable bonds is 14. The second-order valence-corrected chi connectivity index (χ2v) is 5.58. The highest BCUT2D eigenvalue weighted by Crippen LogP contribution is 2.08. The Kier molecular flexibility index (Phi) is 14.5. The minimum atomic E-state index is -0.693. The number of allylic oxidation sites excluding steroid dienone is 3. The van der Waals surface area contributed by atoms with E-state index in [1.54, 1.807) is 0 Å². The van der Waals surface area contributed by atoms with Gasteiger partial charge in [0.25, 0.3) is 0 Å². The molecule has 0 aliphatic rings. The standard InChI is InChI=1S/C18H32O3/c1-2-3-11-14-17(19)15-12-9-7-5-4-6-8-10-13-16-18(20)21/h7,9,12,15,17,19H,2-6,8,10-11,13-14,16H2,1H3,(H,20,21)/b9-7+,15-12+/t17-/m1/s1. The van der Waals surface area contributed by atoms with E-state index >= 15 is 0 Å². The zero-order valence-corrected chi connectivity index (χ0v) is 13.5. The second-order valence-electron chi connectivity index (χ2n) is 5.58. The van der Waals surface area contributed by atoms with Crippen molar-refractivity contribution < 1.29 is 15.0 Å². The van der Waals surface area contributed by atoms with Crippen LogP contribution in [0.1, 0.15) is 77.6 Å². The summed E-state index contributed by atoms with van der Waals surface area (Å²) >= 11 is 0. The fourth-order valence-corrected chi connectivity index (χ4v) is 2.14. The Morgan fingerprint density at radius 3 is 2.43 bits per heavy atom. The van der Waals surface area contributed by atoms with E-state index in [1.165, 1.54) is 12.8 Å². The van der Waals surface area contributed by atoms with Gasteiger partial charge in [-0.25, -0.2) is 0 Å². The summed E-state index contributed by atoms with van der Waals surface area (Å²) in [5.74, 6) is -0.693. The monoisotopic (exact) mass is 296 g/mol. The van der Waals surface area contributed by atoms with Crippen molar-refractivity contribution in [3.63, 3.8) is 0 Å². The molecule has 0 saturated carbocycles. The third kappa shape index (κ3) is 16.9. The van der Waals surface area contributed by atoms with Crippen LogP contribution in [0.2, 0.25) is 0 Å². The Labute approximate surface area is 129 Å². The maximum atomic E-state index is 10.3. The van der Waals surface area contributed by atoms with Crippen LogP contribution in [0.15, 0.2) is 24.3 Å². The minimum Gasteiger partial charge on any atom is -0.481 e. The van der Waals surface area contributed by atoms with Gasteiger partial charge in [-0.1, -0.05) is 69.8 Å². The van der Waals surface area contributed by atoms with Crippen molar-refractivity contribution in [1.29, 1.82) is 0 Å². The molecule has 0 radical (unpaired) electrons. The highest BCUT2D eigenvalue weighted by Gasteiger charge is 1.97. The average Bonchev–Trinajstić information content (AvgIpc) is 2.44. The van der Waals surface area contributed by atoms with Crippen molar-refractivity contribution in [3.05, 3.63) is 24.3 Å². The maximum Gasteiger partial charge on any atom is 0.303 e. The van der Waals surface area contributed by atoms with Crippen LogP contribution in [0, 0.1) is 0 Å². The second kappa shape index (κ2) is 15.3. The third-order valence-corrected chi connectivity index (χ3v) is 3.45. The maximum absolute atomic E-state index is 10.3. The van der Waals surface area contributed by atoms with Crippen LogP contribution in [0.3, 0.4) is 0 Å². The number of unbranched alkanes of at least 4 members (excludes halogenated alkanes) is 7. The van der Waals surface area contributed by atoms with Gasteiger partial charge in [-0.15, -0.1) is 0 Å². The van der Waals surface area contributed by atoms with Gasteiger partial charge in [0, 0.05) is 6.42 Å². The van der Waals surface area contributed by atoms with E-state index in [9.17, 15) is 9.90 Å². The van der Waals surface area contributed by atoms with Gasteiger partial charge in [0.15, 0.2) is 0 Å². The lowest BCUT2D eigenvalue weighted by molar-refractivity contribution is -0.137. The topological polar surface area (TPSA) is 57.5 Å². The molecule has 0 heterocycles. The number of hydrogen-bond acceptors (Lipinski definition) is 2. The first-order valence-corrected chi connectivity index (χ1v) is 8.40. The Morgan fingerprint density at radius 2 is 1.71 bits per heavy atom. The Bertz CT molecular complexity index is 295. The van der Waals surface area contributed by atoms with E-state index < -0.39 is 5.97 Å². The Hall–Kier alpha value is -1.09. The zero-order chi connectivity index (χ0) is 15.8. The lowest BCUT2D eigenvalue weighted by Crippen LogP contribution is -2.00. The fraction of sp³-hybridized carbons (Fsp3) is 0.722. The smallest absolute Gasteiger partial charge is 0.303 e. The van der Waals surface area contributed by atoms with E-state index in [0.717, 1.165) is 51.4 Å². The molecule has 0 aromatic heterocycles. The summed E-state index contributed by atoms with van der Waals surface area (Å²) in [4.78, 5) is 10.3. The summed E-state index contributed by atoms with van der Waals surface area (Å²) < 4.78 is 0. The van der Waals surface area contributed by atoms with E-state index in [-0.39, 0.29) is 6.10 Å². The van der Waals surface area contributed by atoms with Crippen molar-refractivity contribution in [2.75, 3.05) is 0 Å². The number of aliphatic carboxylic acids is 1. The molecule has 0 unspecified atom stereocenters. The van der Waals surface area contributed by atoms with Crippen LogP contribution >= 0.6 is 0 Å². The summed E-state index contributed by atoms with van der Waals surface area (Å²) in [7, 11) is 0. The van der Waals surface area contributed by atoms with Gasteiger partial charge in [-0.05, 0) is 25.7 Å². The highest BCUT2D eigenvalue weighted by molar-refractivity contribution is 5.66. The van der Waals surface area contributed by atoms with Crippen molar-refractivity contribution in [3.8, 4) is 0 Å². The number of aliphatic hydroxyl groups excluding tert-OH is 1. The molecule has 0 aromatic carbocycles. The predicted molar refractivity (Wildman–Crippen MR) is 88.4 cm³/mol. The normalized spacial score (nSPS) is 13.2. The van der Waals surface area contributed by atoms with Gasteiger partial charge < -0.3 is 10.2 Å². The van der Waals surface area contributed by atoms with Crippen molar-refractivity contribution in [2.24, 2.45) is 0 Å². The summed E-state index contributed by atoms with van der Waals surface area (Å²) in [6, 6.07) is 0. The van der Waals surface area contributed by atoms with E-state index in [1.807, 2.05) is 18.2 Å². The summed E-state index contributed by atoms with van der Waals surface area (Å²) in [5, 5.41) is 18.2. The first-order valence-electron chi connectivity index (χ1n) is 8.40. The Balaban J connectivity index is 3.37. The van der Waals surface area contributed by atoms with Crippen LogP contribution in [0.4, 0.5) is 0 Å². The van der Waals surface area contributed by atoms with Crippen LogP contribution in [-0.4, -0.2) is 22.3 Å². The van der Waals surface area contributed by atoms with Crippen molar-refractivity contribution >= 4 is 5.97 Å². The van der Waals surface area contributed by atoms with Gasteiger partial charge in [-0.3, -0.25) is 4.79 Å². The van der Waals surface area contributed by atoms with Gasteiger partial charge in [0.2, 0.25) is 0 Å². The molecular weight excluding hydrogens is 264 g/mol. The number of carboxylic acid groups (broad SMARTS) is 1. The van der Waals surface area contributed by atoms with Crippen LogP contribution in [-0.2, 0) is 4.79 Å². The molecule has 0 aliphatic carbocycles. The molecule has 0 fully saturated rings. The van der Waals surface area contributed by atoms with E-state index in [4.69, 9.17) is 5.11 Å². The fourth-order valence-electron chi connectivity index (χ4n) is 2.14. The van der Waals surface area contributed by atoms with Crippen LogP contribution in [0.25, 0.3) is 0 Å². The molecule has 0 saturated heterocycles. The number of carboxylic acids is 1. The molecule has 0 bridgehead atoms. The zero-order valence-electron chi connectivity index (χ0n) is 13.5. The first kappa shape index (κ1) is 19.9. The Morgan fingerprint density at radius 1 is 1.00 bits per heavy atom. The lowest BCUT2D eigenvalue weighted by Gasteiger charge is -2.03. The largest absolute Gasteiger partial charge is 0.481 e. The number of aliphatic hydroxyl groups is 1. The van der Waals surface area contributed by atoms with Crippen molar-refractivity contribution in [2.45, 2.75) is 83.7 Å². The van der Waals surface area contributed by atoms with Crippen LogP contribution < -0.4 is 0 Å². The molecule has 0 aromatic rings. The SMILES string of the molecule is CCCCC[C@@H](O)/C=C/C=C/CCCCCCCC(=O)O. The average molecular weight is 296 g/mol.